The first-order valence-corrected chi connectivity index (χ1v) is 3.42. The summed E-state index contributed by atoms with van der Waals surface area (Å²) in [4.78, 5) is 0. The summed E-state index contributed by atoms with van der Waals surface area (Å²) in [6, 6.07) is 0. The fourth-order valence-corrected chi connectivity index (χ4v) is 1.58. The van der Waals surface area contributed by atoms with E-state index in [1.807, 2.05) is 0 Å². The highest BCUT2D eigenvalue weighted by Gasteiger charge is 2.64. The van der Waals surface area contributed by atoms with Crippen LogP contribution in [0, 0.1) is 0 Å². The van der Waals surface area contributed by atoms with Gasteiger partial charge in [-0.05, 0) is 0 Å². The highest BCUT2D eigenvalue weighted by molar-refractivity contribution is 5.03. The van der Waals surface area contributed by atoms with Crippen LogP contribution in [0.5, 0.6) is 0 Å². The van der Waals surface area contributed by atoms with Crippen molar-refractivity contribution in [2.75, 3.05) is 20.0 Å². The van der Waals surface area contributed by atoms with Gasteiger partial charge in [-0.2, -0.15) is 0 Å². The second-order valence-corrected chi connectivity index (χ2v) is 2.83. The predicted octanol–water partition coefficient (Wildman–Crippen LogP) is -0.515. The van der Waals surface area contributed by atoms with Crippen LogP contribution in [-0.4, -0.2) is 38.0 Å². The molecular weight excluding hydrogens is 136 g/mol. The first-order chi connectivity index (χ1) is 4.91. The van der Waals surface area contributed by atoms with E-state index in [1.165, 1.54) is 0 Å². The zero-order valence-corrected chi connectivity index (χ0v) is 5.41. The molecule has 0 radical (unpaired) electrons. The molecule has 3 heterocycles. The van der Waals surface area contributed by atoms with E-state index in [4.69, 9.17) is 18.9 Å². The predicted molar refractivity (Wildman–Crippen MR) is 29.2 cm³/mol. The van der Waals surface area contributed by atoms with Crippen LogP contribution in [0.2, 0.25) is 0 Å². The zero-order valence-electron chi connectivity index (χ0n) is 5.41. The number of rotatable bonds is 0. The van der Waals surface area contributed by atoms with E-state index in [9.17, 15) is 0 Å². The molecule has 0 amide bonds. The molecule has 0 N–H and O–H groups in total. The molecule has 3 fully saturated rings. The summed E-state index contributed by atoms with van der Waals surface area (Å²) in [6.07, 6.45) is 0.427. The van der Waals surface area contributed by atoms with Crippen molar-refractivity contribution in [3.8, 4) is 0 Å². The van der Waals surface area contributed by atoms with Gasteiger partial charge in [0.05, 0.1) is 6.61 Å². The molecule has 1 spiro atoms. The van der Waals surface area contributed by atoms with E-state index in [-0.39, 0.29) is 12.2 Å². The molecule has 56 valence electrons. The highest BCUT2D eigenvalue weighted by atomic mass is 16.8. The van der Waals surface area contributed by atoms with Gasteiger partial charge in [0.2, 0.25) is 5.79 Å². The van der Waals surface area contributed by atoms with E-state index in [1.54, 1.807) is 0 Å². The van der Waals surface area contributed by atoms with Gasteiger partial charge in [0.15, 0.2) is 6.79 Å². The molecule has 0 aromatic carbocycles. The van der Waals surface area contributed by atoms with Crippen molar-refractivity contribution >= 4 is 0 Å². The molecule has 4 nitrogen and oxygen atoms in total. The smallest absolute Gasteiger partial charge is 0.223 e. The van der Waals surface area contributed by atoms with Gasteiger partial charge in [-0.1, -0.05) is 0 Å². The third-order valence-electron chi connectivity index (χ3n) is 2.20. The Hall–Kier alpha value is -0.160. The quantitative estimate of drug-likeness (QED) is 0.429. The Kier molecular flexibility index (Phi) is 0.840. The summed E-state index contributed by atoms with van der Waals surface area (Å²) in [5.74, 6) is -0.523. The van der Waals surface area contributed by atoms with E-state index in [0.717, 1.165) is 0 Å². The maximum absolute atomic E-state index is 5.39. The van der Waals surface area contributed by atoms with Crippen LogP contribution in [-0.2, 0) is 18.9 Å². The second-order valence-electron chi connectivity index (χ2n) is 2.83. The number of hydrogen-bond acceptors (Lipinski definition) is 4. The SMILES string of the molecule is C1OCC2(O1)OCC1OC12. The molecule has 0 saturated carbocycles. The van der Waals surface area contributed by atoms with Crippen molar-refractivity contribution in [1.82, 2.24) is 0 Å². The Balaban J connectivity index is 1.89. The average molecular weight is 144 g/mol. The molecule has 0 aliphatic carbocycles. The van der Waals surface area contributed by atoms with Gasteiger partial charge in [-0.15, -0.1) is 0 Å². The minimum absolute atomic E-state index is 0.148. The maximum Gasteiger partial charge on any atom is 0.223 e. The Bertz CT molecular complexity index is 158. The summed E-state index contributed by atoms with van der Waals surface area (Å²) in [5, 5.41) is 0. The zero-order chi connectivity index (χ0) is 6.60. The number of ether oxygens (including phenoxy) is 4. The molecule has 3 saturated heterocycles. The Morgan fingerprint density at radius 1 is 1.30 bits per heavy atom. The van der Waals surface area contributed by atoms with Crippen molar-refractivity contribution in [2.24, 2.45) is 0 Å². The summed E-state index contributed by atoms with van der Waals surface area (Å²) >= 11 is 0. The standard InChI is InChI=1S/C6H8O4/c1-4-5(10-4)6(8-1)2-7-3-9-6/h4-5H,1-3H2. The van der Waals surface area contributed by atoms with E-state index in [0.29, 0.717) is 20.0 Å². The van der Waals surface area contributed by atoms with E-state index in [2.05, 4.69) is 0 Å². The largest absolute Gasteiger partial charge is 0.361 e. The molecule has 0 aromatic heterocycles. The maximum atomic E-state index is 5.39. The van der Waals surface area contributed by atoms with Gasteiger partial charge < -0.3 is 18.9 Å². The lowest BCUT2D eigenvalue weighted by Gasteiger charge is -2.19. The van der Waals surface area contributed by atoms with Crippen molar-refractivity contribution in [1.29, 1.82) is 0 Å². The van der Waals surface area contributed by atoms with Crippen LogP contribution in [0.1, 0.15) is 0 Å². The topological polar surface area (TPSA) is 40.2 Å². The minimum Gasteiger partial charge on any atom is -0.361 e. The van der Waals surface area contributed by atoms with Gasteiger partial charge in [0, 0.05) is 0 Å². The summed E-state index contributed by atoms with van der Waals surface area (Å²) in [6.45, 7) is 1.52. The fraction of sp³-hybridized carbons (Fsp3) is 1.00. The van der Waals surface area contributed by atoms with Gasteiger partial charge >= 0.3 is 0 Å². The molecule has 3 aliphatic rings. The monoisotopic (exact) mass is 144 g/mol. The molecule has 3 unspecified atom stereocenters. The van der Waals surface area contributed by atoms with Crippen LogP contribution in [0.15, 0.2) is 0 Å². The van der Waals surface area contributed by atoms with E-state index >= 15 is 0 Å². The Morgan fingerprint density at radius 2 is 2.30 bits per heavy atom. The van der Waals surface area contributed by atoms with Crippen LogP contribution < -0.4 is 0 Å². The van der Waals surface area contributed by atoms with Gasteiger partial charge in [-0.25, -0.2) is 0 Å². The molecule has 0 aromatic rings. The van der Waals surface area contributed by atoms with Crippen LogP contribution >= 0.6 is 0 Å². The summed E-state index contributed by atoms with van der Waals surface area (Å²) < 4.78 is 21.0. The normalized spacial score (nSPS) is 57.6. The van der Waals surface area contributed by atoms with Crippen molar-refractivity contribution < 1.29 is 18.9 Å². The average Bonchev–Trinajstić information content (AvgIpc) is 2.49. The molecule has 3 rings (SSSR count). The Labute approximate surface area is 58.0 Å². The Morgan fingerprint density at radius 3 is 2.80 bits per heavy atom. The van der Waals surface area contributed by atoms with Crippen molar-refractivity contribution in [3.63, 3.8) is 0 Å². The first kappa shape index (κ1) is 5.49. The lowest BCUT2D eigenvalue weighted by molar-refractivity contribution is -0.205. The van der Waals surface area contributed by atoms with Crippen LogP contribution in [0.4, 0.5) is 0 Å². The van der Waals surface area contributed by atoms with Crippen LogP contribution in [0.3, 0.4) is 0 Å². The van der Waals surface area contributed by atoms with Gasteiger partial charge in [0.1, 0.15) is 18.8 Å². The third-order valence-corrected chi connectivity index (χ3v) is 2.20. The van der Waals surface area contributed by atoms with Crippen molar-refractivity contribution in [3.05, 3.63) is 0 Å². The lowest BCUT2D eigenvalue weighted by atomic mass is 10.2. The molecular formula is C6H8O4. The highest BCUT2D eigenvalue weighted by Crippen LogP contribution is 2.44. The molecule has 3 aliphatic heterocycles. The lowest BCUT2D eigenvalue weighted by Crippen LogP contribution is -2.37. The first-order valence-electron chi connectivity index (χ1n) is 3.42. The number of epoxide rings is 1. The summed E-state index contributed by atoms with van der Waals surface area (Å²) in [5.41, 5.74) is 0. The molecule has 3 atom stereocenters. The van der Waals surface area contributed by atoms with Gasteiger partial charge in [0.25, 0.3) is 0 Å². The third kappa shape index (κ3) is 0.509. The second kappa shape index (κ2) is 1.53. The van der Waals surface area contributed by atoms with E-state index < -0.39 is 5.79 Å². The molecule has 4 heteroatoms. The number of fused-ring (bicyclic) bond motifs is 2. The fourth-order valence-electron chi connectivity index (χ4n) is 1.58. The minimum atomic E-state index is -0.523. The summed E-state index contributed by atoms with van der Waals surface area (Å²) in [7, 11) is 0. The van der Waals surface area contributed by atoms with Crippen molar-refractivity contribution in [2.45, 2.75) is 18.0 Å². The van der Waals surface area contributed by atoms with Gasteiger partial charge in [-0.3, -0.25) is 0 Å². The van der Waals surface area contributed by atoms with Crippen LogP contribution in [0.25, 0.3) is 0 Å². The molecule has 10 heavy (non-hydrogen) atoms. The number of hydrogen-bond donors (Lipinski definition) is 0. The molecule has 0 bridgehead atoms.